The molecular weight excluding hydrogens is 314 g/mol. The Hall–Kier alpha value is -3.49. The first-order chi connectivity index (χ1) is 11.6. The van der Waals surface area contributed by atoms with E-state index in [0.717, 1.165) is 10.1 Å². The number of nitrogen functional groups attached to an aromatic ring is 1. The summed E-state index contributed by atoms with van der Waals surface area (Å²) in [7, 11) is 0. The van der Waals surface area contributed by atoms with E-state index in [1.54, 1.807) is 24.3 Å². The van der Waals surface area contributed by atoms with Crippen molar-refractivity contribution in [3.05, 3.63) is 48.5 Å². The topological polar surface area (TPSA) is 133 Å². The number of fused-ring (bicyclic) bond motifs is 1. The van der Waals surface area contributed by atoms with E-state index in [9.17, 15) is 14.7 Å². The van der Waals surface area contributed by atoms with Crippen molar-refractivity contribution in [1.82, 2.24) is 19.5 Å². The number of carbonyl (C=O) groups is 2. The number of nitrogens with two attached hydrogens (primary N) is 1. The van der Waals surface area contributed by atoms with Crippen LogP contribution in [0.4, 0.5) is 5.82 Å². The molecule has 1 aromatic carbocycles. The number of nitrogens with zero attached hydrogens (tertiary/aromatic N) is 4. The molecule has 3 aromatic rings. The number of aliphatic carboxylic acids is 1. The Balaban J connectivity index is 1.87. The van der Waals surface area contributed by atoms with Crippen molar-refractivity contribution in [2.45, 2.75) is 12.6 Å². The van der Waals surface area contributed by atoms with Crippen molar-refractivity contribution in [3.63, 3.8) is 0 Å². The summed E-state index contributed by atoms with van der Waals surface area (Å²) < 4.78 is 6.21. The monoisotopic (exact) mass is 327 g/mol. The molecule has 0 bridgehead atoms. The van der Waals surface area contributed by atoms with Gasteiger partial charge in [0.05, 0.1) is 6.33 Å². The normalized spacial score (nSPS) is 12.0. The Morgan fingerprint density at radius 1 is 1.21 bits per heavy atom. The van der Waals surface area contributed by atoms with Crippen molar-refractivity contribution in [2.24, 2.45) is 0 Å². The van der Waals surface area contributed by atoms with Gasteiger partial charge in [-0.05, 0) is 5.56 Å². The molecule has 0 aliphatic carbocycles. The lowest BCUT2D eigenvalue weighted by Gasteiger charge is -2.14. The number of ether oxygens (including phenoxy) is 1. The lowest BCUT2D eigenvalue weighted by molar-refractivity contribution is -0.158. The number of aromatic nitrogens is 4. The number of esters is 1. The maximum absolute atomic E-state index is 12.3. The second-order valence-electron chi connectivity index (χ2n) is 4.92. The van der Waals surface area contributed by atoms with Crippen molar-refractivity contribution in [1.29, 1.82) is 0 Å². The minimum atomic E-state index is -1.62. The van der Waals surface area contributed by atoms with Gasteiger partial charge in [-0.2, -0.15) is 0 Å². The molecule has 1 unspecified atom stereocenters. The summed E-state index contributed by atoms with van der Waals surface area (Å²) in [5, 5.41) is 9.42. The Labute approximate surface area is 135 Å². The van der Waals surface area contributed by atoms with Crippen LogP contribution in [0.25, 0.3) is 11.2 Å². The van der Waals surface area contributed by atoms with Gasteiger partial charge >= 0.3 is 11.9 Å². The van der Waals surface area contributed by atoms with Crippen LogP contribution in [0.15, 0.2) is 43.0 Å². The molecule has 3 rings (SSSR count). The van der Waals surface area contributed by atoms with Gasteiger partial charge in [0, 0.05) is 0 Å². The highest BCUT2D eigenvalue weighted by Gasteiger charge is 2.32. The highest BCUT2D eigenvalue weighted by Crippen LogP contribution is 2.20. The molecule has 0 radical (unpaired) electrons. The average Bonchev–Trinajstić information content (AvgIpc) is 2.99. The van der Waals surface area contributed by atoms with Crippen LogP contribution in [-0.2, 0) is 20.9 Å². The van der Waals surface area contributed by atoms with Gasteiger partial charge in [0.25, 0.3) is 0 Å². The summed E-state index contributed by atoms with van der Waals surface area (Å²) in [6, 6.07) is 7.33. The van der Waals surface area contributed by atoms with Gasteiger partial charge in [0.2, 0.25) is 6.04 Å². The number of carbonyl (C=O) groups excluding carboxylic acids is 1. The number of imidazole rings is 1. The number of hydrogen-bond acceptors (Lipinski definition) is 7. The fourth-order valence-corrected chi connectivity index (χ4v) is 2.20. The van der Waals surface area contributed by atoms with Crippen molar-refractivity contribution in [2.75, 3.05) is 5.73 Å². The van der Waals surface area contributed by atoms with E-state index in [0.29, 0.717) is 0 Å². The van der Waals surface area contributed by atoms with E-state index in [-0.39, 0.29) is 23.6 Å². The van der Waals surface area contributed by atoms with Crippen molar-refractivity contribution in [3.8, 4) is 0 Å². The van der Waals surface area contributed by atoms with E-state index >= 15 is 0 Å². The van der Waals surface area contributed by atoms with Gasteiger partial charge in [-0.3, -0.25) is 4.57 Å². The molecule has 0 aliphatic heterocycles. The third-order valence-electron chi connectivity index (χ3n) is 3.35. The zero-order valence-corrected chi connectivity index (χ0v) is 12.4. The number of carboxylic acid groups (broad SMARTS) is 1. The summed E-state index contributed by atoms with van der Waals surface area (Å²) >= 11 is 0. The van der Waals surface area contributed by atoms with E-state index in [1.165, 1.54) is 12.7 Å². The molecule has 0 saturated heterocycles. The summed E-state index contributed by atoms with van der Waals surface area (Å²) in [5.74, 6) is -2.21. The van der Waals surface area contributed by atoms with Crippen molar-refractivity contribution >= 4 is 28.9 Å². The van der Waals surface area contributed by atoms with Crippen LogP contribution in [-0.4, -0.2) is 36.6 Å². The molecule has 2 heterocycles. The third kappa shape index (κ3) is 2.86. The smallest absolute Gasteiger partial charge is 0.341 e. The fourth-order valence-electron chi connectivity index (χ4n) is 2.20. The van der Waals surface area contributed by atoms with E-state index in [2.05, 4.69) is 15.0 Å². The minimum absolute atomic E-state index is 0.0345. The van der Waals surface area contributed by atoms with Gasteiger partial charge in [0.1, 0.15) is 18.5 Å². The second-order valence-corrected chi connectivity index (χ2v) is 4.92. The van der Waals surface area contributed by atoms with Crippen LogP contribution < -0.4 is 5.73 Å². The molecule has 9 heteroatoms. The van der Waals surface area contributed by atoms with Crippen LogP contribution in [0, 0.1) is 0 Å². The predicted molar refractivity (Wildman–Crippen MR) is 82.6 cm³/mol. The van der Waals surface area contributed by atoms with E-state index < -0.39 is 18.0 Å². The Morgan fingerprint density at radius 3 is 2.67 bits per heavy atom. The Kier molecular flexibility index (Phi) is 4.06. The number of hydrogen-bond donors (Lipinski definition) is 2. The first-order valence-electron chi connectivity index (χ1n) is 6.94. The summed E-state index contributed by atoms with van der Waals surface area (Å²) in [4.78, 5) is 35.5. The molecule has 0 saturated carbocycles. The molecule has 0 amide bonds. The third-order valence-corrected chi connectivity index (χ3v) is 3.35. The van der Waals surface area contributed by atoms with E-state index in [1.807, 2.05) is 6.07 Å². The molecule has 24 heavy (non-hydrogen) atoms. The maximum atomic E-state index is 12.3. The van der Waals surface area contributed by atoms with Crippen LogP contribution >= 0.6 is 0 Å². The first-order valence-corrected chi connectivity index (χ1v) is 6.94. The van der Waals surface area contributed by atoms with Gasteiger partial charge in [-0.15, -0.1) is 0 Å². The molecule has 9 nitrogen and oxygen atoms in total. The summed E-state index contributed by atoms with van der Waals surface area (Å²) in [6.45, 7) is -0.0345. The zero-order valence-electron chi connectivity index (χ0n) is 12.4. The van der Waals surface area contributed by atoms with Crippen molar-refractivity contribution < 1.29 is 19.4 Å². The molecule has 0 fully saturated rings. The fraction of sp³-hybridized carbons (Fsp3) is 0.133. The van der Waals surface area contributed by atoms with Gasteiger partial charge in [-0.25, -0.2) is 24.5 Å². The van der Waals surface area contributed by atoms with Gasteiger partial charge in [0.15, 0.2) is 11.5 Å². The predicted octanol–water partition coefficient (Wildman–Crippen LogP) is 0.778. The zero-order chi connectivity index (χ0) is 17.1. The molecule has 3 N–H and O–H groups in total. The van der Waals surface area contributed by atoms with Crippen LogP contribution in [0.3, 0.4) is 0 Å². The maximum Gasteiger partial charge on any atom is 0.341 e. The molecule has 0 spiro atoms. The molecule has 1 atom stereocenters. The van der Waals surface area contributed by atoms with E-state index in [4.69, 9.17) is 10.5 Å². The van der Waals surface area contributed by atoms with Crippen LogP contribution in [0.2, 0.25) is 0 Å². The number of carboxylic acids is 1. The lowest BCUT2D eigenvalue weighted by Crippen LogP contribution is -2.29. The average molecular weight is 327 g/mol. The molecule has 0 aliphatic rings. The highest BCUT2D eigenvalue weighted by atomic mass is 16.5. The number of anilines is 1. The highest BCUT2D eigenvalue weighted by molar-refractivity contribution is 5.98. The first kappa shape index (κ1) is 15.4. The standard InChI is InChI=1S/C15H13N5O4/c16-12-10-13(18-7-17-12)20(8-19-10)11(14(21)22)15(23)24-6-9-4-2-1-3-5-9/h1-5,7-8,11H,6H2,(H,21,22)(H2,16,17,18). The largest absolute Gasteiger partial charge is 0.479 e. The van der Waals surface area contributed by atoms with Crippen LogP contribution in [0.5, 0.6) is 0 Å². The summed E-state index contributed by atoms with van der Waals surface area (Å²) in [6.07, 6.45) is 2.35. The quantitative estimate of drug-likeness (QED) is 0.518. The molecular formula is C15H13N5O4. The lowest BCUT2D eigenvalue weighted by atomic mass is 10.2. The minimum Gasteiger partial charge on any atom is -0.479 e. The molecule has 2 aromatic heterocycles. The Morgan fingerprint density at radius 2 is 1.96 bits per heavy atom. The number of rotatable bonds is 5. The van der Waals surface area contributed by atoms with Crippen LogP contribution in [0.1, 0.15) is 11.6 Å². The van der Waals surface area contributed by atoms with Gasteiger partial charge in [-0.1, -0.05) is 30.3 Å². The Bertz CT molecular complexity index is 893. The van der Waals surface area contributed by atoms with Gasteiger partial charge < -0.3 is 15.6 Å². The summed E-state index contributed by atoms with van der Waals surface area (Å²) in [5.41, 5.74) is 6.78. The second kappa shape index (κ2) is 6.32. The molecule has 122 valence electrons. The number of benzene rings is 1. The SMILES string of the molecule is Nc1ncnc2c1ncn2C(C(=O)O)C(=O)OCc1ccccc1.